The van der Waals surface area contributed by atoms with Crippen LogP contribution in [0.25, 0.3) is 0 Å². The van der Waals surface area contributed by atoms with Crippen LogP contribution in [-0.4, -0.2) is 41.3 Å². The summed E-state index contributed by atoms with van der Waals surface area (Å²) in [5.41, 5.74) is 0.410. The molecule has 5 nitrogen and oxygen atoms in total. The van der Waals surface area contributed by atoms with Gasteiger partial charge in [-0.2, -0.15) is 0 Å². The zero-order chi connectivity index (χ0) is 19.6. The van der Waals surface area contributed by atoms with Gasteiger partial charge in [-0.1, -0.05) is 18.2 Å². The van der Waals surface area contributed by atoms with Crippen LogP contribution < -0.4 is 4.74 Å². The van der Waals surface area contributed by atoms with E-state index in [1.54, 1.807) is 17.0 Å². The molecule has 8 heteroatoms. The number of benzene rings is 1. The molecule has 0 radical (unpaired) electrons. The van der Waals surface area contributed by atoms with Gasteiger partial charge in [-0.05, 0) is 49.1 Å². The van der Waals surface area contributed by atoms with E-state index in [1.165, 1.54) is 12.1 Å². The molecule has 3 atom stereocenters. The molecule has 2 aliphatic rings. The number of carbonyl (C=O) groups is 2. The average molecular weight is 385 g/mol. The molecule has 2 fully saturated rings. The van der Waals surface area contributed by atoms with Crippen LogP contribution in [0.1, 0.15) is 43.6 Å². The molecule has 0 unspecified atom stereocenters. The van der Waals surface area contributed by atoms with E-state index in [0.29, 0.717) is 31.5 Å². The number of hydrogen-bond acceptors (Lipinski definition) is 3. The highest BCUT2D eigenvalue weighted by molar-refractivity contribution is 5.83. The summed E-state index contributed by atoms with van der Waals surface area (Å²) in [7, 11) is 0. The topological polar surface area (TPSA) is 66.8 Å². The molecule has 1 saturated carbocycles. The van der Waals surface area contributed by atoms with Gasteiger partial charge in [0.1, 0.15) is 5.75 Å². The number of aliphatic carboxylic acids is 1. The third-order valence-electron chi connectivity index (χ3n) is 5.25. The van der Waals surface area contributed by atoms with E-state index >= 15 is 0 Å². The highest BCUT2D eigenvalue weighted by atomic mass is 19.4. The van der Waals surface area contributed by atoms with Crippen LogP contribution in [0.2, 0.25) is 0 Å². The molecule has 1 N–H and O–H groups in total. The number of carboxylic acid groups (broad SMARTS) is 1. The van der Waals surface area contributed by atoms with Gasteiger partial charge < -0.3 is 14.7 Å². The number of carboxylic acids is 1. The quantitative estimate of drug-likeness (QED) is 0.809. The number of ether oxygens (including phenoxy) is 1. The zero-order valence-corrected chi connectivity index (χ0v) is 14.7. The van der Waals surface area contributed by atoms with Gasteiger partial charge in [0, 0.05) is 25.4 Å². The summed E-state index contributed by atoms with van der Waals surface area (Å²) in [4.78, 5) is 25.2. The second-order valence-corrected chi connectivity index (χ2v) is 7.26. The zero-order valence-electron chi connectivity index (χ0n) is 14.7. The number of nitrogens with zero attached hydrogens (tertiary/aromatic N) is 1. The highest BCUT2D eigenvalue weighted by Gasteiger charge is 2.48. The molecular weight excluding hydrogens is 363 g/mol. The van der Waals surface area contributed by atoms with E-state index in [-0.39, 0.29) is 35.8 Å². The van der Waals surface area contributed by atoms with Gasteiger partial charge in [-0.15, -0.1) is 13.2 Å². The van der Waals surface area contributed by atoms with E-state index in [2.05, 4.69) is 4.74 Å². The maximum absolute atomic E-state index is 12.8. The molecule has 1 aliphatic carbocycles. The number of halogens is 3. The Balaban J connectivity index is 1.61. The minimum atomic E-state index is -4.77. The minimum Gasteiger partial charge on any atom is -0.481 e. The summed E-state index contributed by atoms with van der Waals surface area (Å²) in [6.45, 7) is 1.14. The van der Waals surface area contributed by atoms with Crippen LogP contribution in [0, 0.1) is 11.8 Å². The van der Waals surface area contributed by atoms with Crippen molar-refractivity contribution >= 4 is 11.9 Å². The molecule has 1 heterocycles. The van der Waals surface area contributed by atoms with Crippen molar-refractivity contribution in [2.75, 3.05) is 13.1 Å². The lowest BCUT2D eigenvalue weighted by molar-refractivity contribution is -0.274. The van der Waals surface area contributed by atoms with Gasteiger partial charge in [0.25, 0.3) is 0 Å². The Kier molecular flexibility index (Phi) is 5.62. The third kappa shape index (κ3) is 5.14. The fourth-order valence-corrected chi connectivity index (χ4v) is 3.88. The first kappa shape index (κ1) is 19.5. The Morgan fingerprint density at radius 1 is 1.26 bits per heavy atom. The molecule has 27 heavy (non-hydrogen) atoms. The van der Waals surface area contributed by atoms with E-state index in [4.69, 9.17) is 5.11 Å². The van der Waals surface area contributed by atoms with Crippen LogP contribution >= 0.6 is 0 Å². The van der Waals surface area contributed by atoms with Gasteiger partial charge in [-0.25, -0.2) is 0 Å². The maximum atomic E-state index is 12.8. The van der Waals surface area contributed by atoms with Crippen molar-refractivity contribution in [2.45, 2.75) is 44.4 Å². The second-order valence-electron chi connectivity index (χ2n) is 7.26. The first-order valence-corrected chi connectivity index (χ1v) is 9.10. The Hall–Kier alpha value is -2.25. The molecular formula is C19H22F3NO4. The minimum absolute atomic E-state index is 0.0539. The largest absolute Gasteiger partial charge is 0.573 e. The lowest BCUT2D eigenvalue weighted by atomic mass is 9.93. The molecule has 0 bridgehead atoms. The SMILES string of the molecule is O=C(O)CC[C@@H]1CCCN(C(=O)[C@H]2C[C@H]2c2ccccc2OC(F)(F)F)C1. The van der Waals surface area contributed by atoms with Crippen molar-refractivity contribution < 1.29 is 32.6 Å². The average Bonchev–Trinajstić information content (AvgIpc) is 3.39. The van der Waals surface area contributed by atoms with Crippen LogP contribution in [-0.2, 0) is 9.59 Å². The summed E-state index contributed by atoms with van der Waals surface area (Å²) in [5.74, 6) is -1.58. The van der Waals surface area contributed by atoms with E-state index in [1.807, 2.05) is 0 Å². The van der Waals surface area contributed by atoms with Gasteiger partial charge in [-0.3, -0.25) is 9.59 Å². The summed E-state index contributed by atoms with van der Waals surface area (Å²) in [6, 6.07) is 5.96. The monoisotopic (exact) mass is 385 g/mol. The van der Waals surface area contributed by atoms with Crippen molar-refractivity contribution in [2.24, 2.45) is 11.8 Å². The molecule has 1 amide bonds. The molecule has 1 aliphatic heterocycles. The molecule has 0 aromatic heterocycles. The number of likely N-dealkylation sites (tertiary alicyclic amines) is 1. The predicted molar refractivity (Wildman–Crippen MR) is 90.1 cm³/mol. The lowest BCUT2D eigenvalue weighted by Gasteiger charge is -2.33. The predicted octanol–water partition coefficient (Wildman–Crippen LogP) is 3.79. The molecule has 1 saturated heterocycles. The van der Waals surface area contributed by atoms with Gasteiger partial charge in [0.15, 0.2) is 0 Å². The molecule has 1 aromatic rings. The Bertz CT molecular complexity index is 706. The van der Waals surface area contributed by atoms with Gasteiger partial charge in [0.05, 0.1) is 0 Å². The van der Waals surface area contributed by atoms with E-state index < -0.39 is 12.3 Å². The first-order chi connectivity index (χ1) is 12.7. The van der Waals surface area contributed by atoms with Crippen molar-refractivity contribution in [3.8, 4) is 5.75 Å². The second kappa shape index (κ2) is 7.78. The van der Waals surface area contributed by atoms with Crippen molar-refractivity contribution in [1.29, 1.82) is 0 Å². The molecule has 3 rings (SSSR count). The number of piperidine rings is 1. The van der Waals surface area contributed by atoms with Crippen molar-refractivity contribution in [3.05, 3.63) is 29.8 Å². The number of carbonyl (C=O) groups excluding carboxylic acids is 1. The van der Waals surface area contributed by atoms with E-state index in [9.17, 15) is 22.8 Å². The summed E-state index contributed by atoms with van der Waals surface area (Å²) in [5, 5.41) is 8.81. The number of amides is 1. The summed E-state index contributed by atoms with van der Waals surface area (Å²) in [6.07, 6.45) is -1.92. The fraction of sp³-hybridized carbons (Fsp3) is 0.579. The van der Waals surface area contributed by atoms with Gasteiger partial charge in [0.2, 0.25) is 5.91 Å². The molecule has 0 spiro atoms. The van der Waals surface area contributed by atoms with Crippen molar-refractivity contribution in [1.82, 2.24) is 4.90 Å². The van der Waals surface area contributed by atoms with Gasteiger partial charge >= 0.3 is 12.3 Å². The van der Waals surface area contributed by atoms with Crippen LogP contribution in [0.5, 0.6) is 5.75 Å². The Morgan fingerprint density at radius 3 is 2.70 bits per heavy atom. The molecule has 1 aromatic carbocycles. The Morgan fingerprint density at radius 2 is 2.00 bits per heavy atom. The van der Waals surface area contributed by atoms with Crippen LogP contribution in [0.15, 0.2) is 24.3 Å². The highest BCUT2D eigenvalue weighted by Crippen LogP contribution is 2.52. The number of rotatable bonds is 6. The first-order valence-electron chi connectivity index (χ1n) is 9.10. The smallest absolute Gasteiger partial charge is 0.481 e. The standard InChI is InChI=1S/C19H22F3NO4/c20-19(21,22)27-16-6-2-1-5-13(16)14-10-15(14)18(26)23-9-3-4-12(11-23)7-8-17(24)25/h1-2,5-6,12,14-15H,3-4,7-11H2,(H,24,25)/t12-,14-,15-/m0/s1. The van der Waals surface area contributed by atoms with Crippen molar-refractivity contribution in [3.63, 3.8) is 0 Å². The third-order valence-corrected chi connectivity index (χ3v) is 5.25. The van der Waals surface area contributed by atoms with Crippen LogP contribution in [0.4, 0.5) is 13.2 Å². The fourth-order valence-electron chi connectivity index (χ4n) is 3.88. The lowest BCUT2D eigenvalue weighted by Crippen LogP contribution is -2.41. The normalized spacial score (nSPS) is 25.1. The number of para-hydroxylation sites is 1. The maximum Gasteiger partial charge on any atom is 0.573 e. The van der Waals surface area contributed by atoms with E-state index in [0.717, 1.165) is 12.8 Å². The summed E-state index contributed by atoms with van der Waals surface area (Å²) < 4.78 is 41.9. The molecule has 148 valence electrons. The number of hydrogen-bond donors (Lipinski definition) is 1. The number of alkyl halides is 3. The summed E-state index contributed by atoms with van der Waals surface area (Å²) >= 11 is 0. The van der Waals surface area contributed by atoms with Crippen LogP contribution in [0.3, 0.4) is 0 Å². The Labute approximate surface area is 155 Å².